The number of carbonyl (C=O) groups is 1. The Kier molecular flexibility index (Phi) is 5.55. The zero-order chi connectivity index (χ0) is 14.2. The molecule has 0 spiro atoms. The highest BCUT2D eigenvalue weighted by Crippen LogP contribution is 2.11. The summed E-state index contributed by atoms with van der Waals surface area (Å²) in [6.45, 7) is 0.656. The van der Waals surface area contributed by atoms with Crippen molar-refractivity contribution in [3.8, 4) is 5.75 Å². The summed E-state index contributed by atoms with van der Waals surface area (Å²) in [4.78, 5) is 15.8. The Bertz CT molecular complexity index is 523. The number of thiazole rings is 1. The van der Waals surface area contributed by atoms with Gasteiger partial charge >= 0.3 is 0 Å². The number of aryl methyl sites for hydroxylation is 1. The molecule has 0 atom stereocenters. The highest BCUT2D eigenvalue weighted by Gasteiger charge is 2.03. The van der Waals surface area contributed by atoms with E-state index in [1.165, 1.54) is 5.56 Å². The number of hydrogen-bond donors (Lipinski definition) is 1. The third kappa shape index (κ3) is 4.66. The molecular weight excluding hydrogens is 272 g/mol. The van der Waals surface area contributed by atoms with Crippen LogP contribution in [0, 0.1) is 0 Å². The summed E-state index contributed by atoms with van der Waals surface area (Å²) in [6.07, 6.45) is 3.80. The lowest BCUT2D eigenvalue weighted by Crippen LogP contribution is -2.25. The van der Waals surface area contributed by atoms with Gasteiger partial charge in [0, 0.05) is 31.0 Å². The van der Waals surface area contributed by atoms with E-state index >= 15 is 0 Å². The minimum Gasteiger partial charge on any atom is -0.497 e. The van der Waals surface area contributed by atoms with Crippen molar-refractivity contribution in [2.75, 3.05) is 13.7 Å². The average Bonchev–Trinajstić information content (AvgIpc) is 2.99. The van der Waals surface area contributed by atoms with Crippen molar-refractivity contribution >= 4 is 17.2 Å². The number of methoxy groups -OCH3 is 1. The van der Waals surface area contributed by atoms with Gasteiger partial charge in [-0.25, -0.2) is 4.98 Å². The average molecular weight is 290 g/mol. The molecule has 0 unspecified atom stereocenters. The molecule has 0 saturated carbocycles. The number of ether oxygens (including phenoxy) is 1. The first-order valence-corrected chi connectivity index (χ1v) is 7.44. The first-order valence-electron chi connectivity index (χ1n) is 6.56. The van der Waals surface area contributed by atoms with Crippen molar-refractivity contribution < 1.29 is 9.53 Å². The quantitative estimate of drug-likeness (QED) is 0.852. The van der Waals surface area contributed by atoms with E-state index < -0.39 is 0 Å². The van der Waals surface area contributed by atoms with Crippen LogP contribution in [0.3, 0.4) is 0 Å². The second kappa shape index (κ2) is 7.65. The van der Waals surface area contributed by atoms with E-state index in [0.29, 0.717) is 19.4 Å². The number of carbonyl (C=O) groups excluding carboxylic acids is 1. The molecular formula is C15H18N2O2S. The van der Waals surface area contributed by atoms with Crippen LogP contribution in [0.5, 0.6) is 5.75 Å². The van der Waals surface area contributed by atoms with Gasteiger partial charge in [-0.05, 0) is 24.1 Å². The number of nitrogens with one attached hydrogen (secondary N) is 1. The standard InChI is InChI=1S/C15H18N2O2S/c1-19-13-4-2-12(3-5-13)8-9-16-14(18)6-7-15-17-10-11-20-15/h2-5,10-11H,6-9H2,1H3,(H,16,18). The summed E-state index contributed by atoms with van der Waals surface area (Å²) in [6, 6.07) is 7.89. The van der Waals surface area contributed by atoms with Gasteiger partial charge in [-0.2, -0.15) is 0 Å². The number of amides is 1. The van der Waals surface area contributed by atoms with E-state index in [9.17, 15) is 4.79 Å². The van der Waals surface area contributed by atoms with Crippen molar-refractivity contribution in [1.82, 2.24) is 10.3 Å². The van der Waals surface area contributed by atoms with Gasteiger partial charge < -0.3 is 10.1 Å². The summed E-state index contributed by atoms with van der Waals surface area (Å²) in [7, 11) is 1.65. The Morgan fingerprint density at radius 2 is 2.10 bits per heavy atom. The Morgan fingerprint density at radius 3 is 2.75 bits per heavy atom. The van der Waals surface area contributed by atoms with Gasteiger partial charge in [0.05, 0.1) is 12.1 Å². The molecule has 0 radical (unpaired) electrons. The molecule has 4 nitrogen and oxygen atoms in total. The fourth-order valence-electron chi connectivity index (χ4n) is 1.82. The summed E-state index contributed by atoms with van der Waals surface area (Å²) in [5.41, 5.74) is 1.19. The lowest BCUT2D eigenvalue weighted by atomic mass is 10.1. The first kappa shape index (κ1) is 14.5. The molecule has 106 valence electrons. The first-order chi connectivity index (χ1) is 9.78. The second-order valence-electron chi connectivity index (χ2n) is 4.37. The molecule has 1 aromatic heterocycles. The summed E-state index contributed by atoms with van der Waals surface area (Å²) in [5.74, 6) is 0.926. The molecule has 1 aromatic carbocycles. The molecule has 0 saturated heterocycles. The minimum atomic E-state index is 0.0775. The molecule has 0 aliphatic rings. The number of rotatable bonds is 7. The zero-order valence-corrected chi connectivity index (χ0v) is 12.3. The van der Waals surface area contributed by atoms with Crippen molar-refractivity contribution in [2.45, 2.75) is 19.3 Å². The Balaban J connectivity index is 1.65. The maximum Gasteiger partial charge on any atom is 0.220 e. The fraction of sp³-hybridized carbons (Fsp3) is 0.333. The van der Waals surface area contributed by atoms with Gasteiger partial charge in [0.25, 0.3) is 0 Å². The second-order valence-corrected chi connectivity index (χ2v) is 5.35. The third-order valence-electron chi connectivity index (χ3n) is 2.94. The minimum absolute atomic E-state index is 0.0775. The van der Waals surface area contributed by atoms with Crippen LogP contribution in [0.4, 0.5) is 0 Å². The number of aromatic nitrogens is 1. The van der Waals surface area contributed by atoms with Crippen LogP contribution in [0.15, 0.2) is 35.8 Å². The monoisotopic (exact) mass is 290 g/mol. The molecule has 0 aliphatic heterocycles. The normalized spacial score (nSPS) is 10.2. The van der Waals surface area contributed by atoms with Gasteiger partial charge in [-0.15, -0.1) is 11.3 Å². The molecule has 0 aliphatic carbocycles. The number of nitrogens with zero attached hydrogens (tertiary/aromatic N) is 1. The van der Waals surface area contributed by atoms with Crippen LogP contribution in [0.1, 0.15) is 17.0 Å². The Hall–Kier alpha value is -1.88. The fourth-order valence-corrected chi connectivity index (χ4v) is 2.44. The van der Waals surface area contributed by atoms with E-state index in [4.69, 9.17) is 4.74 Å². The maximum absolute atomic E-state index is 11.7. The number of hydrogen-bond acceptors (Lipinski definition) is 4. The van der Waals surface area contributed by atoms with Crippen molar-refractivity contribution in [1.29, 1.82) is 0 Å². The Morgan fingerprint density at radius 1 is 1.30 bits per heavy atom. The SMILES string of the molecule is COc1ccc(CCNC(=O)CCc2nccs2)cc1. The van der Waals surface area contributed by atoms with Gasteiger partial charge in [-0.1, -0.05) is 12.1 Å². The predicted octanol–water partition coefficient (Wildman–Crippen LogP) is 2.44. The molecule has 1 heterocycles. The predicted molar refractivity (Wildman–Crippen MR) is 80.1 cm³/mol. The van der Waals surface area contributed by atoms with Crippen LogP contribution < -0.4 is 10.1 Å². The highest BCUT2D eigenvalue weighted by atomic mass is 32.1. The van der Waals surface area contributed by atoms with Crippen molar-refractivity contribution in [3.05, 3.63) is 46.4 Å². The third-order valence-corrected chi connectivity index (χ3v) is 3.78. The van der Waals surface area contributed by atoms with E-state index in [1.807, 2.05) is 29.6 Å². The summed E-state index contributed by atoms with van der Waals surface area (Å²) >= 11 is 1.59. The van der Waals surface area contributed by atoms with E-state index in [0.717, 1.165) is 17.2 Å². The molecule has 0 fully saturated rings. The van der Waals surface area contributed by atoms with Crippen molar-refractivity contribution in [2.24, 2.45) is 0 Å². The van der Waals surface area contributed by atoms with E-state index in [2.05, 4.69) is 10.3 Å². The lowest BCUT2D eigenvalue weighted by molar-refractivity contribution is -0.121. The smallest absolute Gasteiger partial charge is 0.220 e. The van der Waals surface area contributed by atoms with Gasteiger partial charge in [-0.3, -0.25) is 4.79 Å². The maximum atomic E-state index is 11.7. The van der Waals surface area contributed by atoms with Gasteiger partial charge in [0.2, 0.25) is 5.91 Å². The molecule has 20 heavy (non-hydrogen) atoms. The summed E-state index contributed by atoms with van der Waals surface area (Å²) in [5, 5.41) is 5.87. The zero-order valence-electron chi connectivity index (χ0n) is 11.5. The van der Waals surface area contributed by atoms with E-state index in [1.54, 1.807) is 24.6 Å². The molecule has 1 amide bonds. The van der Waals surface area contributed by atoms with Crippen molar-refractivity contribution in [3.63, 3.8) is 0 Å². The topological polar surface area (TPSA) is 51.2 Å². The van der Waals surface area contributed by atoms with E-state index in [-0.39, 0.29) is 5.91 Å². The summed E-state index contributed by atoms with van der Waals surface area (Å²) < 4.78 is 5.10. The number of benzene rings is 1. The largest absolute Gasteiger partial charge is 0.497 e. The van der Waals surface area contributed by atoms with Gasteiger partial charge in [0.15, 0.2) is 0 Å². The molecule has 2 aromatic rings. The van der Waals surface area contributed by atoms with Crippen LogP contribution in [0.2, 0.25) is 0 Å². The molecule has 2 rings (SSSR count). The van der Waals surface area contributed by atoms with Crippen LogP contribution in [-0.4, -0.2) is 24.5 Å². The lowest BCUT2D eigenvalue weighted by Gasteiger charge is -2.05. The molecule has 5 heteroatoms. The van der Waals surface area contributed by atoms with Crippen LogP contribution in [0.25, 0.3) is 0 Å². The molecule has 1 N–H and O–H groups in total. The van der Waals surface area contributed by atoms with Gasteiger partial charge in [0.1, 0.15) is 5.75 Å². The van der Waals surface area contributed by atoms with Crippen LogP contribution >= 0.6 is 11.3 Å². The Labute approximate surface area is 122 Å². The highest BCUT2D eigenvalue weighted by molar-refractivity contribution is 7.09. The van der Waals surface area contributed by atoms with Crippen LogP contribution in [-0.2, 0) is 17.6 Å². The molecule has 0 bridgehead atoms.